The van der Waals surface area contributed by atoms with E-state index in [4.69, 9.17) is 13.8 Å². The summed E-state index contributed by atoms with van der Waals surface area (Å²) in [5.74, 6) is 0.150. The van der Waals surface area contributed by atoms with Crippen LogP contribution in [0.1, 0.15) is 41.4 Å². The number of rotatable bonds is 10. The van der Waals surface area contributed by atoms with E-state index in [1.807, 2.05) is 12.2 Å². The average Bonchev–Trinajstić information content (AvgIpc) is 3.32. The predicted octanol–water partition coefficient (Wildman–Crippen LogP) is 3.12. The van der Waals surface area contributed by atoms with E-state index in [0.717, 1.165) is 12.8 Å². The number of hydrogen-bond donors (Lipinski definition) is 1. The summed E-state index contributed by atoms with van der Waals surface area (Å²) < 4.78 is 28.6. The summed E-state index contributed by atoms with van der Waals surface area (Å²) in [6, 6.07) is 6.17. The molecule has 0 fully saturated rings. The molecule has 0 saturated carbocycles. The molecule has 0 atom stereocenters. The molecule has 0 aliphatic heterocycles. The van der Waals surface area contributed by atoms with Crippen LogP contribution in [0, 0.1) is 5.92 Å². The van der Waals surface area contributed by atoms with Crippen molar-refractivity contribution in [1.29, 1.82) is 0 Å². The van der Waals surface area contributed by atoms with E-state index < -0.39 is 24.6 Å². The Balaban J connectivity index is 1.91. The predicted molar refractivity (Wildman–Crippen MR) is 120 cm³/mol. The Kier molecular flexibility index (Phi) is 7.66. The molecule has 0 radical (unpaired) electrons. The van der Waals surface area contributed by atoms with Crippen LogP contribution in [0.4, 0.5) is 0 Å². The number of nitrogens with zero attached hydrogens (tertiary/aromatic N) is 1. The molecule has 3 rings (SSSR count). The SMILES string of the molecule is CCc1c(C(=O)c2ccc(OCP(=O)(OC)OC)cc2)n(CC2CC=CC2)c(=O)[nH]c1=O. The molecule has 10 heteroatoms. The number of hydrogen-bond acceptors (Lipinski definition) is 7. The van der Waals surface area contributed by atoms with Crippen LogP contribution in [0.2, 0.25) is 0 Å². The summed E-state index contributed by atoms with van der Waals surface area (Å²) in [7, 11) is -0.804. The molecule has 1 aliphatic carbocycles. The molecule has 0 saturated heterocycles. The van der Waals surface area contributed by atoms with Gasteiger partial charge in [0.15, 0.2) is 6.35 Å². The zero-order valence-corrected chi connectivity index (χ0v) is 19.2. The van der Waals surface area contributed by atoms with Crippen LogP contribution in [-0.2, 0) is 26.6 Å². The molecule has 1 heterocycles. The van der Waals surface area contributed by atoms with Gasteiger partial charge in [-0.05, 0) is 49.4 Å². The van der Waals surface area contributed by atoms with Crippen molar-refractivity contribution < 1.29 is 23.1 Å². The van der Waals surface area contributed by atoms with Crippen molar-refractivity contribution in [2.24, 2.45) is 5.92 Å². The molecule has 0 unspecified atom stereocenters. The minimum Gasteiger partial charge on any atom is -0.481 e. The molecule has 0 amide bonds. The second kappa shape index (κ2) is 10.3. The van der Waals surface area contributed by atoms with Gasteiger partial charge >= 0.3 is 13.3 Å². The van der Waals surface area contributed by atoms with Crippen LogP contribution in [0.15, 0.2) is 46.0 Å². The maximum absolute atomic E-state index is 13.4. The fourth-order valence-corrected chi connectivity index (χ4v) is 4.29. The third-order valence-electron chi connectivity index (χ3n) is 5.47. The minimum atomic E-state index is -3.34. The van der Waals surface area contributed by atoms with Gasteiger partial charge in [-0.1, -0.05) is 19.1 Å². The number of carbonyl (C=O) groups is 1. The monoisotopic (exact) mass is 462 g/mol. The van der Waals surface area contributed by atoms with Crippen molar-refractivity contribution in [2.75, 3.05) is 20.6 Å². The molecule has 32 heavy (non-hydrogen) atoms. The average molecular weight is 462 g/mol. The quantitative estimate of drug-likeness (QED) is 0.328. The van der Waals surface area contributed by atoms with Gasteiger partial charge < -0.3 is 13.8 Å². The standard InChI is InChI=1S/C22H27N2O7P/c1-4-18-19(24(22(27)23-21(18)26)13-15-7-5-6-8-15)20(25)16-9-11-17(12-10-16)31-14-32(28,29-2)30-3/h5-6,9-12,15H,4,7-8,13-14H2,1-3H3,(H,23,26,27). The smallest absolute Gasteiger partial charge is 0.367 e. The maximum atomic E-state index is 13.4. The molecule has 0 bridgehead atoms. The van der Waals surface area contributed by atoms with Crippen molar-refractivity contribution in [3.8, 4) is 5.75 Å². The van der Waals surface area contributed by atoms with E-state index in [0.29, 0.717) is 24.3 Å². The topological polar surface area (TPSA) is 117 Å². The van der Waals surface area contributed by atoms with Gasteiger partial charge in [-0.3, -0.25) is 23.7 Å². The van der Waals surface area contributed by atoms with Gasteiger partial charge in [0.05, 0.1) is 0 Å². The van der Waals surface area contributed by atoms with E-state index >= 15 is 0 Å². The van der Waals surface area contributed by atoms with Crippen LogP contribution in [0.5, 0.6) is 5.75 Å². The highest BCUT2D eigenvalue weighted by molar-refractivity contribution is 7.53. The lowest BCUT2D eigenvalue weighted by atomic mass is 10.0. The Morgan fingerprint density at radius 2 is 1.75 bits per heavy atom. The Morgan fingerprint density at radius 1 is 1.12 bits per heavy atom. The summed E-state index contributed by atoms with van der Waals surface area (Å²) in [6.45, 7) is 2.12. The highest BCUT2D eigenvalue weighted by atomic mass is 31.2. The number of benzene rings is 1. The molecule has 2 aromatic rings. The summed E-state index contributed by atoms with van der Waals surface area (Å²) in [5, 5.41) is 0. The zero-order valence-electron chi connectivity index (χ0n) is 18.3. The van der Waals surface area contributed by atoms with Gasteiger partial charge in [-0.15, -0.1) is 0 Å². The Hall–Kier alpha value is -2.74. The zero-order chi connectivity index (χ0) is 23.3. The van der Waals surface area contributed by atoms with E-state index in [1.54, 1.807) is 19.1 Å². The number of ether oxygens (including phenoxy) is 1. The normalized spacial score (nSPS) is 14.1. The van der Waals surface area contributed by atoms with Crippen molar-refractivity contribution >= 4 is 13.4 Å². The minimum absolute atomic E-state index is 0.116. The van der Waals surface area contributed by atoms with Crippen LogP contribution in [0.25, 0.3) is 0 Å². The van der Waals surface area contributed by atoms with E-state index in [1.165, 1.54) is 30.9 Å². The number of aromatic amines is 1. The van der Waals surface area contributed by atoms with E-state index in [9.17, 15) is 18.9 Å². The third kappa shape index (κ3) is 5.18. The molecular weight excluding hydrogens is 435 g/mol. The molecular formula is C22H27N2O7P. The first-order chi connectivity index (χ1) is 15.3. The summed E-state index contributed by atoms with van der Waals surface area (Å²) in [5.41, 5.74) is -0.433. The second-order valence-electron chi connectivity index (χ2n) is 7.46. The highest BCUT2D eigenvalue weighted by Gasteiger charge is 2.25. The number of ketones is 1. The highest BCUT2D eigenvalue weighted by Crippen LogP contribution is 2.46. The summed E-state index contributed by atoms with van der Waals surface area (Å²) in [4.78, 5) is 40.7. The second-order valence-corrected chi connectivity index (χ2v) is 9.67. The first-order valence-electron chi connectivity index (χ1n) is 10.3. The molecule has 172 valence electrons. The van der Waals surface area contributed by atoms with E-state index in [2.05, 4.69) is 4.98 Å². The van der Waals surface area contributed by atoms with Crippen molar-refractivity contribution in [3.63, 3.8) is 0 Å². The number of allylic oxidation sites excluding steroid dienone is 2. The van der Waals surface area contributed by atoms with E-state index in [-0.39, 0.29) is 23.5 Å². The molecule has 0 spiro atoms. The van der Waals surface area contributed by atoms with Gasteiger partial charge in [-0.25, -0.2) is 4.79 Å². The van der Waals surface area contributed by atoms with Crippen molar-refractivity contribution in [2.45, 2.75) is 32.7 Å². The molecule has 1 aromatic heterocycles. The molecule has 1 N–H and O–H groups in total. The lowest BCUT2D eigenvalue weighted by Gasteiger charge is -2.18. The van der Waals surface area contributed by atoms with Crippen LogP contribution >= 0.6 is 7.60 Å². The fourth-order valence-electron chi connectivity index (χ4n) is 3.63. The van der Waals surface area contributed by atoms with Gasteiger partial charge in [0.2, 0.25) is 5.78 Å². The lowest BCUT2D eigenvalue weighted by molar-refractivity contribution is 0.102. The maximum Gasteiger partial charge on any atom is 0.367 e. The van der Waals surface area contributed by atoms with Gasteiger partial charge in [-0.2, -0.15) is 0 Å². The summed E-state index contributed by atoms with van der Waals surface area (Å²) >= 11 is 0. The first kappa shape index (κ1) is 23.9. The Labute approximate surface area is 185 Å². The van der Waals surface area contributed by atoms with Gasteiger partial charge in [0, 0.05) is 31.9 Å². The van der Waals surface area contributed by atoms with Crippen LogP contribution in [-0.4, -0.2) is 35.9 Å². The number of nitrogens with one attached hydrogen (secondary N) is 1. The number of carbonyl (C=O) groups excluding carboxylic acids is 1. The van der Waals surface area contributed by atoms with Crippen LogP contribution < -0.4 is 16.0 Å². The fraction of sp³-hybridized carbons (Fsp3) is 0.409. The first-order valence-corrected chi connectivity index (χ1v) is 12.0. The third-order valence-corrected chi connectivity index (χ3v) is 7.03. The van der Waals surface area contributed by atoms with Crippen molar-refractivity contribution in [3.05, 3.63) is 74.1 Å². The molecule has 1 aromatic carbocycles. The Morgan fingerprint density at radius 3 is 2.31 bits per heavy atom. The molecule has 1 aliphatic rings. The van der Waals surface area contributed by atoms with Gasteiger partial charge in [0.1, 0.15) is 11.4 Å². The largest absolute Gasteiger partial charge is 0.481 e. The number of H-pyrrole nitrogens is 1. The molecule has 9 nitrogen and oxygen atoms in total. The number of aromatic nitrogens is 2. The van der Waals surface area contributed by atoms with Gasteiger partial charge in [0.25, 0.3) is 5.56 Å². The van der Waals surface area contributed by atoms with Crippen LogP contribution in [0.3, 0.4) is 0 Å². The summed E-state index contributed by atoms with van der Waals surface area (Å²) in [6.07, 6.45) is 5.77. The lowest BCUT2D eigenvalue weighted by Crippen LogP contribution is -2.38. The Bertz CT molecular complexity index is 1150. The van der Waals surface area contributed by atoms with Crippen molar-refractivity contribution in [1.82, 2.24) is 9.55 Å².